The summed E-state index contributed by atoms with van der Waals surface area (Å²) in [5, 5.41) is 0.933. The molecule has 1 rings (SSSR count). The van der Waals surface area contributed by atoms with Crippen LogP contribution in [0.15, 0.2) is 12.1 Å². The lowest BCUT2D eigenvalue weighted by atomic mass is 10.1. The maximum absolute atomic E-state index is 13.0. The molecule has 0 N–H and O–H groups in total. The van der Waals surface area contributed by atoms with Gasteiger partial charge in [0.1, 0.15) is 5.82 Å². The lowest BCUT2D eigenvalue weighted by Crippen LogP contribution is -2.01. The number of hydrogen-bond acceptors (Lipinski definition) is 0. The fourth-order valence-electron chi connectivity index (χ4n) is 0.835. The molecule has 1 atom stereocenters. The molecular formula is C10H16FP. The first-order chi connectivity index (χ1) is 5.63. The van der Waals surface area contributed by atoms with Crippen molar-refractivity contribution in [2.45, 2.75) is 27.7 Å². The van der Waals surface area contributed by atoms with Crippen LogP contribution >= 0.6 is 9.24 Å². The summed E-state index contributed by atoms with van der Waals surface area (Å²) in [5.74, 6) is -0.0903. The minimum atomic E-state index is -0.0903. The van der Waals surface area contributed by atoms with E-state index in [1.807, 2.05) is 19.9 Å². The highest BCUT2D eigenvalue weighted by atomic mass is 31.0. The molecule has 0 nitrogen and oxygen atoms in total. The Morgan fingerprint density at radius 1 is 1.17 bits per heavy atom. The van der Waals surface area contributed by atoms with Crippen LogP contribution in [0, 0.1) is 19.7 Å². The molecule has 0 spiro atoms. The Kier molecular flexibility index (Phi) is 5.08. The van der Waals surface area contributed by atoms with E-state index < -0.39 is 0 Å². The van der Waals surface area contributed by atoms with Gasteiger partial charge in [0.05, 0.1) is 0 Å². The van der Waals surface area contributed by atoms with Crippen molar-refractivity contribution in [2.75, 3.05) is 0 Å². The van der Waals surface area contributed by atoms with Crippen LogP contribution in [0.25, 0.3) is 0 Å². The van der Waals surface area contributed by atoms with Crippen molar-refractivity contribution in [1.82, 2.24) is 0 Å². The van der Waals surface area contributed by atoms with Gasteiger partial charge in [-0.05, 0) is 30.3 Å². The van der Waals surface area contributed by atoms with Gasteiger partial charge in [-0.2, -0.15) is 0 Å². The number of rotatable bonds is 0. The highest BCUT2D eigenvalue weighted by Gasteiger charge is 2.01. The summed E-state index contributed by atoms with van der Waals surface area (Å²) >= 11 is 0. The van der Waals surface area contributed by atoms with Crippen LogP contribution < -0.4 is 5.30 Å². The molecule has 0 radical (unpaired) electrons. The lowest BCUT2D eigenvalue weighted by molar-refractivity contribution is 0.611. The molecule has 0 heterocycles. The maximum Gasteiger partial charge on any atom is 0.129 e. The number of benzene rings is 1. The highest BCUT2D eigenvalue weighted by molar-refractivity contribution is 7.27. The van der Waals surface area contributed by atoms with Gasteiger partial charge in [0.2, 0.25) is 0 Å². The summed E-state index contributed by atoms with van der Waals surface area (Å²) in [6, 6.07) is 3.68. The zero-order valence-corrected chi connectivity index (χ0v) is 9.26. The smallest absolute Gasteiger partial charge is 0.129 e. The molecule has 2 heteroatoms. The average Bonchev–Trinajstić information content (AvgIpc) is 2.12. The summed E-state index contributed by atoms with van der Waals surface area (Å²) in [5.41, 5.74) is 1.44. The predicted molar refractivity (Wildman–Crippen MR) is 56.6 cm³/mol. The number of aryl methyl sites for hydroxylation is 1. The summed E-state index contributed by atoms with van der Waals surface area (Å²) in [4.78, 5) is 0. The van der Waals surface area contributed by atoms with Crippen LogP contribution in [0.2, 0.25) is 0 Å². The molecule has 0 aliphatic carbocycles. The van der Waals surface area contributed by atoms with Crippen LogP contribution in [0.3, 0.4) is 0 Å². The SMILES string of the molecule is CC.Cc1ccc(P)c(C)c1F. The zero-order chi connectivity index (χ0) is 9.72. The Labute approximate surface area is 76.4 Å². The summed E-state index contributed by atoms with van der Waals surface area (Å²) in [6.07, 6.45) is 0. The third-order valence-corrected chi connectivity index (χ3v) is 2.25. The second-order valence-electron chi connectivity index (χ2n) is 2.41. The van der Waals surface area contributed by atoms with Gasteiger partial charge in [0, 0.05) is 0 Å². The third kappa shape index (κ3) is 2.57. The van der Waals surface area contributed by atoms with Crippen LogP contribution in [-0.2, 0) is 0 Å². The van der Waals surface area contributed by atoms with E-state index in [1.54, 1.807) is 19.9 Å². The molecule has 0 aliphatic rings. The molecule has 1 aromatic rings. The first-order valence-electron chi connectivity index (χ1n) is 4.14. The average molecular weight is 186 g/mol. The molecule has 12 heavy (non-hydrogen) atoms. The maximum atomic E-state index is 13.0. The standard InChI is InChI=1S/C8H10FP.C2H6/c1-5-3-4-7(10)6(2)8(5)9;1-2/h3-4H,10H2,1-2H3;1-2H3. The Morgan fingerprint density at radius 3 is 2.08 bits per heavy atom. The van der Waals surface area contributed by atoms with E-state index in [-0.39, 0.29) is 5.82 Å². The molecule has 0 fully saturated rings. The first kappa shape index (κ1) is 11.6. The monoisotopic (exact) mass is 186 g/mol. The molecule has 68 valence electrons. The second-order valence-corrected chi connectivity index (χ2v) is 3.03. The Balaban J connectivity index is 0.000000561. The number of hydrogen-bond donors (Lipinski definition) is 0. The van der Waals surface area contributed by atoms with Crippen LogP contribution in [0.4, 0.5) is 4.39 Å². The van der Waals surface area contributed by atoms with Crippen molar-refractivity contribution in [2.24, 2.45) is 0 Å². The van der Waals surface area contributed by atoms with E-state index in [4.69, 9.17) is 0 Å². The molecule has 0 saturated carbocycles. The zero-order valence-electron chi connectivity index (χ0n) is 8.11. The third-order valence-electron chi connectivity index (χ3n) is 1.62. The molecule has 1 unspecified atom stereocenters. The van der Waals surface area contributed by atoms with Crippen LogP contribution in [0.1, 0.15) is 25.0 Å². The quantitative estimate of drug-likeness (QED) is 0.546. The normalized spacial score (nSPS) is 8.83. The Hall–Kier alpha value is -0.420. The van der Waals surface area contributed by atoms with Gasteiger partial charge >= 0.3 is 0 Å². The fourth-order valence-corrected chi connectivity index (χ4v) is 1.06. The molecule has 0 aliphatic heterocycles. The van der Waals surface area contributed by atoms with Crippen molar-refractivity contribution in [1.29, 1.82) is 0 Å². The van der Waals surface area contributed by atoms with Gasteiger partial charge in [0.15, 0.2) is 0 Å². The largest absolute Gasteiger partial charge is 0.206 e. The van der Waals surface area contributed by atoms with Crippen LogP contribution in [-0.4, -0.2) is 0 Å². The fraction of sp³-hybridized carbons (Fsp3) is 0.400. The number of halogens is 1. The van der Waals surface area contributed by atoms with Gasteiger partial charge in [-0.15, -0.1) is 9.24 Å². The van der Waals surface area contributed by atoms with Crippen molar-refractivity contribution >= 4 is 14.5 Å². The van der Waals surface area contributed by atoms with Gasteiger partial charge in [-0.3, -0.25) is 0 Å². The predicted octanol–water partition coefficient (Wildman–Crippen LogP) is 2.97. The summed E-state index contributed by atoms with van der Waals surface area (Å²) in [7, 11) is 2.50. The van der Waals surface area contributed by atoms with E-state index in [0.29, 0.717) is 5.56 Å². The lowest BCUT2D eigenvalue weighted by Gasteiger charge is -2.02. The molecular weight excluding hydrogens is 170 g/mol. The van der Waals surface area contributed by atoms with Crippen molar-refractivity contribution in [3.8, 4) is 0 Å². The topological polar surface area (TPSA) is 0 Å². The van der Waals surface area contributed by atoms with Crippen LogP contribution in [0.5, 0.6) is 0 Å². The van der Waals surface area contributed by atoms with E-state index in [0.717, 1.165) is 10.9 Å². The molecule has 0 amide bonds. The highest BCUT2D eigenvalue weighted by Crippen LogP contribution is 2.10. The van der Waals surface area contributed by atoms with Gasteiger partial charge in [-0.25, -0.2) is 4.39 Å². The molecule has 1 aromatic carbocycles. The van der Waals surface area contributed by atoms with E-state index >= 15 is 0 Å². The van der Waals surface area contributed by atoms with Gasteiger partial charge in [-0.1, -0.05) is 26.0 Å². The van der Waals surface area contributed by atoms with Gasteiger partial charge < -0.3 is 0 Å². The van der Waals surface area contributed by atoms with Crippen molar-refractivity contribution < 1.29 is 4.39 Å². The molecule has 0 bridgehead atoms. The summed E-state index contributed by atoms with van der Waals surface area (Å²) in [6.45, 7) is 7.55. The minimum Gasteiger partial charge on any atom is -0.206 e. The Bertz CT molecular complexity index is 229. The minimum absolute atomic E-state index is 0.0903. The van der Waals surface area contributed by atoms with E-state index in [9.17, 15) is 4.39 Å². The van der Waals surface area contributed by atoms with Gasteiger partial charge in [0.25, 0.3) is 0 Å². The van der Waals surface area contributed by atoms with Crippen molar-refractivity contribution in [3.05, 3.63) is 29.1 Å². The van der Waals surface area contributed by atoms with E-state index in [1.165, 1.54) is 0 Å². The second kappa shape index (κ2) is 5.27. The summed E-state index contributed by atoms with van der Waals surface area (Å²) < 4.78 is 13.0. The van der Waals surface area contributed by atoms with Crippen molar-refractivity contribution in [3.63, 3.8) is 0 Å². The van der Waals surface area contributed by atoms with E-state index in [2.05, 4.69) is 9.24 Å². The first-order valence-corrected chi connectivity index (χ1v) is 4.72. The molecule has 0 aromatic heterocycles. The Morgan fingerprint density at radius 2 is 1.67 bits per heavy atom. The molecule has 0 saturated heterocycles.